The molecule has 106 valence electrons. The quantitative estimate of drug-likeness (QED) is 0.919. The van der Waals surface area contributed by atoms with Gasteiger partial charge in [0.25, 0.3) is 0 Å². The summed E-state index contributed by atoms with van der Waals surface area (Å²) in [6.07, 6.45) is 0. The molecular formula is C15H16ClNO2S. The van der Waals surface area contributed by atoms with Crippen LogP contribution in [-0.4, -0.2) is 20.7 Å². The highest BCUT2D eigenvalue weighted by Gasteiger charge is 2.17. The lowest BCUT2D eigenvalue weighted by molar-refractivity contribution is 0.596. The van der Waals surface area contributed by atoms with Crippen LogP contribution in [0.5, 0.6) is 0 Å². The Kier molecular flexibility index (Phi) is 4.68. The molecule has 0 unspecified atom stereocenters. The van der Waals surface area contributed by atoms with Crippen molar-refractivity contribution in [3.8, 4) is 0 Å². The smallest absolute Gasteiger partial charge is 0.181 e. The number of hydrogen-bond acceptors (Lipinski definition) is 3. The van der Waals surface area contributed by atoms with Gasteiger partial charge in [0.1, 0.15) is 0 Å². The highest BCUT2D eigenvalue weighted by atomic mass is 35.5. The molecule has 0 bridgehead atoms. The third-order valence-electron chi connectivity index (χ3n) is 3.00. The molecule has 0 amide bonds. The van der Waals surface area contributed by atoms with Gasteiger partial charge in [0.05, 0.1) is 15.7 Å². The molecule has 0 aliphatic heterocycles. The van der Waals surface area contributed by atoms with Crippen molar-refractivity contribution >= 4 is 27.1 Å². The Morgan fingerprint density at radius 2 is 1.70 bits per heavy atom. The highest BCUT2D eigenvalue weighted by Crippen LogP contribution is 2.21. The van der Waals surface area contributed by atoms with Crippen LogP contribution in [0.4, 0.5) is 5.69 Å². The van der Waals surface area contributed by atoms with Crippen molar-refractivity contribution in [2.45, 2.75) is 11.8 Å². The monoisotopic (exact) mass is 309 g/mol. The summed E-state index contributed by atoms with van der Waals surface area (Å²) in [6, 6.07) is 14.3. The van der Waals surface area contributed by atoms with E-state index in [1.165, 1.54) is 6.07 Å². The van der Waals surface area contributed by atoms with Crippen LogP contribution < -0.4 is 5.32 Å². The Morgan fingerprint density at radius 3 is 2.40 bits per heavy atom. The molecule has 0 radical (unpaired) electrons. The van der Waals surface area contributed by atoms with E-state index < -0.39 is 9.84 Å². The van der Waals surface area contributed by atoms with Crippen molar-refractivity contribution in [2.75, 3.05) is 17.6 Å². The van der Waals surface area contributed by atoms with Gasteiger partial charge >= 0.3 is 0 Å². The molecule has 0 atom stereocenters. The average molecular weight is 310 g/mol. The van der Waals surface area contributed by atoms with E-state index in [1.807, 2.05) is 31.2 Å². The highest BCUT2D eigenvalue weighted by molar-refractivity contribution is 7.91. The van der Waals surface area contributed by atoms with E-state index in [9.17, 15) is 8.42 Å². The predicted molar refractivity (Wildman–Crippen MR) is 83.2 cm³/mol. The van der Waals surface area contributed by atoms with Crippen LogP contribution >= 0.6 is 11.6 Å². The van der Waals surface area contributed by atoms with Gasteiger partial charge in [-0.3, -0.25) is 0 Å². The van der Waals surface area contributed by atoms with Crippen molar-refractivity contribution < 1.29 is 8.42 Å². The summed E-state index contributed by atoms with van der Waals surface area (Å²) in [5.41, 5.74) is 2.03. The first-order chi connectivity index (χ1) is 9.50. The number of aryl methyl sites for hydroxylation is 1. The van der Waals surface area contributed by atoms with Gasteiger partial charge < -0.3 is 5.32 Å². The third kappa shape index (κ3) is 3.52. The molecule has 0 saturated carbocycles. The zero-order valence-corrected chi connectivity index (χ0v) is 12.7. The van der Waals surface area contributed by atoms with Crippen molar-refractivity contribution in [2.24, 2.45) is 0 Å². The molecule has 0 spiro atoms. The minimum atomic E-state index is -3.37. The summed E-state index contributed by atoms with van der Waals surface area (Å²) in [5.74, 6) is 0.00503. The summed E-state index contributed by atoms with van der Waals surface area (Å²) >= 11 is 5.93. The van der Waals surface area contributed by atoms with Crippen molar-refractivity contribution in [1.82, 2.24) is 0 Å². The first kappa shape index (κ1) is 14.9. The van der Waals surface area contributed by atoms with E-state index in [0.29, 0.717) is 6.54 Å². The van der Waals surface area contributed by atoms with E-state index in [2.05, 4.69) is 5.32 Å². The fourth-order valence-electron chi connectivity index (χ4n) is 1.90. The summed E-state index contributed by atoms with van der Waals surface area (Å²) in [7, 11) is -3.37. The number of para-hydroxylation sites is 1. The fourth-order valence-corrected chi connectivity index (χ4v) is 3.63. The minimum Gasteiger partial charge on any atom is -0.384 e. The van der Waals surface area contributed by atoms with Crippen LogP contribution in [0.15, 0.2) is 53.4 Å². The van der Waals surface area contributed by atoms with Gasteiger partial charge in [-0.05, 0) is 30.7 Å². The zero-order valence-electron chi connectivity index (χ0n) is 11.1. The van der Waals surface area contributed by atoms with Gasteiger partial charge in [-0.25, -0.2) is 8.42 Å². The lowest BCUT2D eigenvalue weighted by Crippen LogP contribution is -2.16. The van der Waals surface area contributed by atoms with Crippen LogP contribution in [0.2, 0.25) is 5.02 Å². The fraction of sp³-hybridized carbons (Fsp3) is 0.200. The number of benzene rings is 2. The topological polar surface area (TPSA) is 46.2 Å². The first-order valence-electron chi connectivity index (χ1n) is 6.27. The van der Waals surface area contributed by atoms with E-state index in [0.717, 1.165) is 11.3 Å². The Hall–Kier alpha value is -1.52. The summed E-state index contributed by atoms with van der Waals surface area (Å²) in [4.78, 5) is 0.188. The maximum absolute atomic E-state index is 12.2. The van der Waals surface area contributed by atoms with Crippen LogP contribution in [0.1, 0.15) is 5.56 Å². The van der Waals surface area contributed by atoms with Crippen LogP contribution in [0, 0.1) is 6.92 Å². The van der Waals surface area contributed by atoms with Gasteiger partial charge in [0.15, 0.2) is 9.84 Å². The number of sulfone groups is 1. The predicted octanol–water partition coefficient (Wildman–Crippen LogP) is 3.53. The molecule has 2 aromatic carbocycles. The normalized spacial score (nSPS) is 11.3. The molecule has 0 aromatic heterocycles. The van der Waals surface area contributed by atoms with Gasteiger partial charge in [-0.1, -0.05) is 41.9 Å². The molecule has 3 nitrogen and oxygen atoms in total. The molecule has 0 fully saturated rings. The van der Waals surface area contributed by atoms with Crippen molar-refractivity contribution in [3.63, 3.8) is 0 Å². The molecule has 20 heavy (non-hydrogen) atoms. The number of nitrogens with one attached hydrogen (secondary N) is 1. The Bertz CT molecular complexity index is 699. The maximum atomic E-state index is 12.2. The Labute approximate surface area is 124 Å². The molecule has 0 saturated heterocycles. The zero-order chi connectivity index (χ0) is 14.6. The number of halogens is 1. The second kappa shape index (κ2) is 6.29. The molecule has 1 N–H and O–H groups in total. The van der Waals surface area contributed by atoms with Gasteiger partial charge in [0.2, 0.25) is 0 Å². The number of hydrogen-bond donors (Lipinski definition) is 1. The van der Waals surface area contributed by atoms with Crippen LogP contribution in [0.3, 0.4) is 0 Å². The Balaban J connectivity index is 2.04. The maximum Gasteiger partial charge on any atom is 0.181 e. The SMILES string of the molecule is Cc1ccccc1NCCS(=O)(=O)c1ccccc1Cl. The molecule has 2 aromatic rings. The lowest BCUT2D eigenvalue weighted by atomic mass is 10.2. The Morgan fingerprint density at radius 1 is 1.05 bits per heavy atom. The largest absolute Gasteiger partial charge is 0.384 e. The summed E-state index contributed by atoms with van der Waals surface area (Å²) in [5, 5.41) is 3.40. The van der Waals surface area contributed by atoms with Gasteiger partial charge in [-0.15, -0.1) is 0 Å². The molecular weight excluding hydrogens is 294 g/mol. The molecule has 0 aliphatic carbocycles. The van der Waals surface area contributed by atoms with Crippen LogP contribution in [0.25, 0.3) is 0 Å². The second-order valence-corrected chi connectivity index (χ2v) is 6.98. The van der Waals surface area contributed by atoms with Crippen molar-refractivity contribution in [1.29, 1.82) is 0 Å². The average Bonchev–Trinajstić information content (AvgIpc) is 2.41. The van der Waals surface area contributed by atoms with Crippen LogP contribution in [-0.2, 0) is 9.84 Å². The lowest BCUT2D eigenvalue weighted by Gasteiger charge is -2.10. The van der Waals surface area contributed by atoms with Crippen molar-refractivity contribution in [3.05, 3.63) is 59.1 Å². The van der Waals surface area contributed by atoms with E-state index in [-0.39, 0.29) is 15.7 Å². The van der Waals surface area contributed by atoms with E-state index in [1.54, 1.807) is 18.2 Å². The molecule has 0 aliphatic rings. The number of rotatable bonds is 5. The van der Waals surface area contributed by atoms with Gasteiger partial charge in [0, 0.05) is 12.2 Å². The summed E-state index contributed by atoms with van der Waals surface area (Å²) < 4.78 is 24.4. The van der Waals surface area contributed by atoms with Gasteiger partial charge in [-0.2, -0.15) is 0 Å². The standard InChI is InChI=1S/C15H16ClNO2S/c1-12-6-2-4-8-14(12)17-10-11-20(18,19)15-9-5-3-7-13(15)16/h2-9,17H,10-11H2,1H3. The molecule has 5 heteroatoms. The summed E-state index contributed by atoms with van der Waals surface area (Å²) in [6.45, 7) is 2.32. The molecule has 2 rings (SSSR count). The number of anilines is 1. The third-order valence-corrected chi connectivity index (χ3v) is 5.21. The second-order valence-electron chi connectivity index (χ2n) is 4.49. The van der Waals surface area contributed by atoms with E-state index in [4.69, 9.17) is 11.6 Å². The minimum absolute atomic E-state index is 0.00503. The first-order valence-corrected chi connectivity index (χ1v) is 8.30. The van der Waals surface area contributed by atoms with E-state index >= 15 is 0 Å². The molecule has 0 heterocycles.